The lowest BCUT2D eigenvalue weighted by molar-refractivity contribution is 0.102. The van der Waals surface area contributed by atoms with Crippen molar-refractivity contribution in [3.8, 4) is 5.75 Å². The van der Waals surface area contributed by atoms with Crippen molar-refractivity contribution in [1.82, 2.24) is 0 Å². The molecule has 6 heteroatoms. The van der Waals surface area contributed by atoms with E-state index < -0.39 is 17.5 Å². The highest BCUT2D eigenvalue weighted by Crippen LogP contribution is 2.26. The minimum absolute atomic E-state index is 0.0470. The molecule has 0 unspecified atom stereocenters. The molecule has 0 aromatic heterocycles. The second-order valence-corrected chi connectivity index (χ2v) is 4.26. The fourth-order valence-corrected chi connectivity index (χ4v) is 1.76. The van der Waals surface area contributed by atoms with Gasteiger partial charge in [-0.1, -0.05) is 11.6 Å². The van der Waals surface area contributed by atoms with Crippen LogP contribution in [0.1, 0.15) is 10.4 Å². The van der Waals surface area contributed by atoms with Crippen molar-refractivity contribution in [1.29, 1.82) is 0 Å². The molecule has 4 nitrogen and oxygen atoms in total. The topological polar surface area (TPSA) is 75.3 Å². The summed E-state index contributed by atoms with van der Waals surface area (Å²) >= 11 is 5.91. The van der Waals surface area contributed by atoms with Gasteiger partial charge >= 0.3 is 0 Å². The molecule has 0 atom stereocenters. The summed E-state index contributed by atoms with van der Waals surface area (Å²) in [6, 6.07) is 7.73. The average molecular weight is 281 g/mol. The van der Waals surface area contributed by atoms with Gasteiger partial charge in [0.15, 0.2) is 0 Å². The standard InChI is InChI=1S/C13H10ClFN2O2/c14-10-6-8(16)2-4-11(10)17-13(19)9-3-1-7(15)5-12(9)18/h1-6,18H,16H2,(H,17,19). The lowest BCUT2D eigenvalue weighted by Crippen LogP contribution is -2.12. The summed E-state index contributed by atoms with van der Waals surface area (Å²) in [7, 11) is 0. The van der Waals surface area contributed by atoms with Crippen molar-refractivity contribution in [3.63, 3.8) is 0 Å². The predicted octanol–water partition coefficient (Wildman–Crippen LogP) is 3.02. The van der Waals surface area contributed by atoms with Crippen molar-refractivity contribution in [3.05, 3.63) is 52.8 Å². The Labute approximate surface area is 113 Å². The van der Waals surface area contributed by atoms with E-state index in [2.05, 4.69) is 5.32 Å². The number of nitrogen functional groups attached to an aromatic ring is 1. The minimum atomic E-state index is -0.625. The Hall–Kier alpha value is -2.27. The Morgan fingerprint density at radius 3 is 2.63 bits per heavy atom. The van der Waals surface area contributed by atoms with Crippen molar-refractivity contribution >= 4 is 28.9 Å². The Bertz CT molecular complexity index is 647. The van der Waals surface area contributed by atoms with Gasteiger partial charge in [-0.05, 0) is 30.3 Å². The molecule has 0 aliphatic heterocycles. The molecular formula is C13H10ClFN2O2. The quantitative estimate of drug-likeness (QED) is 0.740. The van der Waals surface area contributed by atoms with Gasteiger partial charge in [-0.15, -0.1) is 0 Å². The smallest absolute Gasteiger partial charge is 0.259 e. The fourth-order valence-electron chi connectivity index (χ4n) is 1.52. The summed E-state index contributed by atoms with van der Waals surface area (Å²) in [5, 5.41) is 12.3. The summed E-state index contributed by atoms with van der Waals surface area (Å²) in [5.41, 5.74) is 6.30. The third-order valence-corrected chi connectivity index (χ3v) is 2.76. The third-order valence-electron chi connectivity index (χ3n) is 2.45. The second kappa shape index (κ2) is 5.16. The molecular weight excluding hydrogens is 271 g/mol. The van der Waals surface area contributed by atoms with Gasteiger partial charge < -0.3 is 16.2 Å². The van der Waals surface area contributed by atoms with Crippen LogP contribution in [-0.2, 0) is 0 Å². The van der Waals surface area contributed by atoms with Crippen LogP contribution < -0.4 is 11.1 Å². The van der Waals surface area contributed by atoms with Crippen molar-refractivity contribution in [2.45, 2.75) is 0 Å². The normalized spacial score (nSPS) is 10.2. The molecule has 0 aliphatic rings. The first-order valence-corrected chi connectivity index (χ1v) is 5.70. The minimum Gasteiger partial charge on any atom is -0.507 e. The van der Waals surface area contributed by atoms with Gasteiger partial charge in [-0.25, -0.2) is 4.39 Å². The van der Waals surface area contributed by atoms with Crippen molar-refractivity contribution in [2.75, 3.05) is 11.1 Å². The predicted molar refractivity (Wildman–Crippen MR) is 71.9 cm³/mol. The zero-order valence-corrected chi connectivity index (χ0v) is 10.4. The van der Waals surface area contributed by atoms with E-state index in [0.29, 0.717) is 11.4 Å². The van der Waals surface area contributed by atoms with Crippen LogP contribution in [0.5, 0.6) is 5.75 Å². The molecule has 2 aromatic carbocycles. The zero-order chi connectivity index (χ0) is 14.0. The van der Waals surface area contributed by atoms with Crippen LogP contribution in [-0.4, -0.2) is 11.0 Å². The Kier molecular flexibility index (Phi) is 3.57. The van der Waals surface area contributed by atoms with Crippen LogP contribution in [0.25, 0.3) is 0 Å². The van der Waals surface area contributed by atoms with Crippen molar-refractivity contribution in [2.24, 2.45) is 0 Å². The van der Waals surface area contributed by atoms with Crippen LogP contribution in [0.3, 0.4) is 0 Å². The van der Waals surface area contributed by atoms with Crippen LogP contribution in [0.15, 0.2) is 36.4 Å². The Morgan fingerprint density at radius 1 is 1.26 bits per heavy atom. The first-order valence-electron chi connectivity index (χ1n) is 5.32. The molecule has 0 aliphatic carbocycles. The largest absolute Gasteiger partial charge is 0.507 e. The maximum Gasteiger partial charge on any atom is 0.259 e. The van der Waals surface area contributed by atoms with E-state index in [4.69, 9.17) is 17.3 Å². The highest BCUT2D eigenvalue weighted by atomic mass is 35.5. The summed E-state index contributed by atoms with van der Waals surface area (Å²) in [5.74, 6) is -1.66. The lowest BCUT2D eigenvalue weighted by Gasteiger charge is -2.09. The molecule has 2 rings (SSSR count). The molecule has 4 N–H and O–H groups in total. The van der Waals surface area contributed by atoms with Gasteiger partial charge in [-0.3, -0.25) is 4.79 Å². The van der Waals surface area contributed by atoms with E-state index in [1.807, 2.05) is 0 Å². The number of amides is 1. The van der Waals surface area contributed by atoms with E-state index in [0.717, 1.165) is 12.1 Å². The van der Waals surface area contributed by atoms with Gasteiger partial charge in [0, 0.05) is 11.8 Å². The maximum atomic E-state index is 12.8. The molecule has 0 spiro atoms. The number of rotatable bonds is 2. The average Bonchev–Trinajstić information content (AvgIpc) is 2.32. The molecule has 0 heterocycles. The van der Waals surface area contributed by atoms with E-state index in [-0.39, 0.29) is 10.6 Å². The lowest BCUT2D eigenvalue weighted by atomic mass is 10.1. The number of carbonyl (C=O) groups is 1. The van der Waals surface area contributed by atoms with Gasteiger partial charge in [0.25, 0.3) is 5.91 Å². The monoisotopic (exact) mass is 280 g/mol. The zero-order valence-electron chi connectivity index (χ0n) is 9.65. The first-order chi connectivity index (χ1) is 8.97. The van der Waals surface area contributed by atoms with Crippen LogP contribution in [0.4, 0.5) is 15.8 Å². The number of phenols is 1. The molecule has 0 radical (unpaired) electrons. The number of aromatic hydroxyl groups is 1. The summed E-state index contributed by atoms with van der Waals surface area (Å²) in [6.45, 7) is 0. The Balaban J connectivity index is 2.25. The van der Waals surface area contributed by atoms with E-state index in [9.17, 15) is 14.3 Å². The number of halogens is 2. The van der Waals surface area contributed by atoms with Gasteiger partial charge in [-0.2, -0.15) is 0 Å². The second-order valence-electron chi connectivity index (χ2n) is 3.85. The highest BCUT2D eigenvalue weighted by molar-refractivity contribution is 6.34. The van der Waals surface area contributed by atoms with Gasteiger partial charge in [0.05, 0.1) is 16.3 Å². The first kappa shape index (κ1) is 13.2. The number of nitrogens with two attached hydrogens (primary N) is 1. The number of phenolic OH excluding ortho intramolecular Hbond substituents is 1. The number of hydrogen-bond acceptors (Lipinski definition) is 3. The van der Waals surface area contributed by atoms with E-state index in [1.54, 1.807) is 6.07 Å². The highest BCUT2D eigenvalue weighted by Gasteiger charge is 2.13. The summed E-state index contributed by atoms with van der Waals surface area (Å²) in [6.07, 6.45) is 0. The Morgan fingerprint density at radius 2 is 2.00 bits per heavy atom. The summed E-state index contributed by atoms with van der Waals surface area (Å²) in [4.78, 5) is 11.9. The third kappa shape index (κ3) is 2.95. The summed E-state index contributed by atoms with van der Waals surface area (Å²) < 4.78 is 12.8. The molecule has 98 valence electrons. The maximum absolute atomic E-state index is 12.8. The molecule has 0 fully saturated rings. The number of anilines is 2. The van der Waals surface area contributed by atoms with E-state index >= 15 is 0 Å². The number of carbonyl (C=O) groups excluding carboxylic acids is 1. The molecule has 0 saturated heterocycles. The number of hydrogen-bond donors (Lipinski definition) is 3. The van der Waals surface area contributed by atoms with Gasteiger partial charge in [0.2, 0.25) is 0 Å². The van der Waals surface area contributed by atoms with Gasteiger partial charge in [0.1, 0.15) is 11.6 Å². The molecule has 0 bridgehead atoms. The molecule has 1 amide bonds. The number of nitrogens with one attached hydrogen (secondary N) is 1. The molecule has 19 heavy (non-hydrogen) atoms. The molecule has 0 saturated carbocycles. The van der Waals surface area contributed by atoms with Crippen molar-refractivity contribution < 1.29 is 14.3 Å². The van der Waals surface area contributed by atoms with Crippen LogP contribution in [0, 0.1) is 5.82 Å². The number of benzene rings is 2. The van der Waals surface area contributed by atoms with E-state index in [1.165, 1.54) is 18.2 Å². The van der Waals surface area contributed by atoms with Crippen LogP contribution >= 0.6 is 11.6 Å². The SMILES string of the molecule is Nc1ccc(NC(=O)c2ccc(F)cc2O)c(Cl)c1. The molecule has 2 aromatic rings. The fraction of sp³-hybridized carbons (Fsp3) is 0. The van der Waals surface area contributed by atoms with Crippen LogP contribution in [0.2, 0.25) is 5.02 Å².